The predicted molar refractivity (Wildman–Crippen MR) is 101 cm³/mol. The fourth-order valence-electron chi connectivity index (χ4n) is 3.37. The highest BCUT2D eigenvalue weighted by molar-refractivity contribution is 7.89. The van der Waals surface area contributed by atoms with Gasteiger partial charge in [-0.1, -0.05) is 30.3 Å². The summed E-state index contributed by atoms with van der Waals surface area (Å²) >= 11 is 0. The lowest BCUT2D eigenvalue weighted by Crippen LogP contribution is -2.35. The maximum atomic E-state index is 13.6. The third-order valence-corrected chi connectivity index (χ3v) is 7.01. The highest BCUT2D eigenvalue weighted by Gasteiger charge is 2.28. The van der Waals surface area contributed by atoms with Gasteiger partial charge in [0.2, 0.25) is 10.0 Å². The summed E-state index contributed by atoms with van der Waals surface area (Å²) in [5, 5.41) is 0. The van der Waals surface area contributed by atoms with E-state index < -0.39 is 15.8 Å². The Morgan fingerprint density at radius 3 is 2.50 bits per heavy atom. The summed E-state index contributed by atoms with van der Waals surface area (Å²) in [5.74, 6) is -0.523. The third-order valence-electron chi connectivity index (χ3n) is 4.97. The molecule has 0 radical (unpaired) electrons. The Morgan fingerprint density at radius 2 is 1.73 bits per heavy atom. The second kappa shape index (κ2) is 7.86. The van der Waals surface area contributed by atoms with Gasteiger partial charge in [-0.2, -0.15) is 4.31 Å². The molecule has 140 valence electrons. The first-order valence-electron chi connectivity index (χ1n) is 8.91. The van der Waals surface area contributed by atoms with E-state index in [0.717, 1.165) is 25.6 Å². The van der Waals surface area contributed by atoms with Gasteiger partial charge in [-0.25, -0.2) is 12.8 Å². The molecule has 0 saturated carbocycles. The minimum absolute atomic E-state index is 0.0739. The lowest BCUT2D eigenvalue weighted by Gasteiger charge is -2.23. The van der Waals surface area contributed by atoms with Gasteiger partial charge in [-0.15, -0.1) is 0 Å². The summed E-state index contributed by atoms with van der Waals surface area (Å²) in [6.07, 6.45) is 0.763. The highest BCUT2D eigenvalue weighted by Crippen LogP contribution is 2.23. The molecule has 2 aromatic carbocycles. The van der Waals surface area contributed by atoms with Crippen molar-refractivity contribution in [2.24, 2.45) is 0 Å². The van der Waals surface area contributed by atoms with Crippen LogP contribution in [0.2, 0.25) is 0 Å². The third kappa shape index (κ3) is 4.14. The Labute approximate surface area is 155 Å². The number of hydrogen-bond acceptors (Lipinski definition) is 3. The minimum atomic E-state index is -3.68. The van der Waals surface area contributed by atoms with Crippen LogP contribution >= 0.6 is 0 Å². The van der Waals surface area contributed by atoms with Gasteiger partial charge in [0.25, 0.3) is 0 Å². The Kier molecular flexibility index (Phi) is 5.75. The van der Waals surface area contributed by atoms with Crippen molar-refractivity contribution in [3.8, 4) is 0 Å². The summed E-state index contributed by atoms with van der Waals surface area (Å²) in [4.78, 5) is 2.36. The zero-order chi connectivity index (χ0) is 18.7. The van der Waals surface area contributed by atoms with Crippen LogP contribution in [0.5, 0.6) is 0 Å². The number of nitrogens with zero attached hydrogens (tertiary/aromatic N) is 2. The van der Waals surface area contributed by atoms with E-state index in [4.69, 9.17) is 0 Å². The normalized spacial score (nSPS) is 17.2. The van der Waals surface area contributed by atoms with Crippen LogP contribution in [0.15, 0.2) is 47.4 Å². The molecule has 1 aliphatic rings. The second-order valence-electron chi connectivity index (χ2n) is 6.87. The van der Waals surface area contributed by atoms with Crippen LogP contribution in [0.1, 0.15) is 23.1 Å². The lowest BCUT2D eigenvalue weighted by molar-refractivity contribution is 0.278. The molecule has 0 amide bonds. The molecule has 0 aliphatic carbocycles. The zero-order valence-corrected chi connectivity index (χ0v) is 16.1. The first-order valence-corrected chi connectivity index (χ1v) is 10.3. The predicted octanol–water partition coefficient (Wildman–Crippen LogP) is 3.34. The van der Waals surface area contributed by atoms with Crippen molar-refractivity contribution in [3.63, 3.8) is 0 Å². The SMILES string of the molecule is Cc1ccccc1CN1CCCN(S(=O)(=O)c2cc(F)ccc2C)CC1. The number of sulfonamides is 1. The summed E-state index contributed by atoms with van der Waals surface area (Å²) in [7, 11) is -3.68. The van der Waals surface area contributed by atoms with Gasteiger partial charge >= 0.3 is 0 Å². The van der Waals surface area contributed by atoms with Gasteiger partial charge in [0.15, 0.2) is 0 Å². The summed E-state index contributed by atoms with van der Waals surface area (Å²) in [5.41, 5.74) is 3.09. The lowest BCUT2D eigenvalue weighted by atomic mass is 10.1. The summed E-state index contributed by atoms with van der Waals surface area (Å²) < 4.78 is 41.0. The molecule has 4 nitrogen and oxygen atoms in total. The smallest absolute Gasteiger partial charge is 0.243 e. The average Bonchev–Trinajstić information content (AvgIpc) is 2.85. The highest BCUT2D eigenvalue weighted by atomic mass is 32.2. The minimum Gasteiger partial charge on any atom is -0.298 e. The topological polar surface area (TPSA) is 40.6 Å². The monoisotopic (exact) mass is 376 g/mol. The summed E-state index contributed by atoms with van der Waals surface area (Å²) in [6.45, 7) is 7.02. The molecule has 1 saturated heterocycles. The number of aryl methyl sites for hydroxylation is 2. The zero-order valence-electron chi connectivity index (χ0n) is 15.3. The van der Waals surface area contributed by atoms with Crippen molar-refractivity contribution >= 4 is 10.0 Å². The van der Waals surface area contributed by atoms with Crippen molar-refractivity contribution < 1.29 is 12.8 Å². The maximum absolute atomic E-state index is 13.6. The van der Waals surface area contributed by atoms with E-state index >= 15 is 0 Å². The van der Waals surface area contributed by atoms with E-state index in [1.165, 1.54) is 27.6 Å². The largest absolute Gasteiger partial charge is 0.298 e. The molecule has 1 aliphatic heterocycles. The van der Waals surface area contributed by atoms with Gasteiger partial charge < -0.3 is 0 Å². The first-order chi connectivity index (χ1) is 12.4. The fourth-order valence-corrected chi connectivity index (χ4v) is 5.07. The molecule has 0 bridgehead atoms. The molecule has 26 heavy (non-hydrogen) atoms. The van der Waals surface area contributed by atoms with Crippen LogP contribution in [-0.4, -0.2) is 43.8 Å². The van der Waals surface area contributed by atoms with Crippen LogP contribution in [0.4, 0.5) is 4.39 Å². The second-order valence-corrected chi connectivity index (χ2v) is 8.78. The standard InChI is InChI=1S/C20H25FN2O2S/c1-16-6-3-4-7-18(16)15-22-10-5-11-23(13-12-22)26(24,25)20-14-19(21)9-8-17(20)2/h3-4,6-9,14H,5,10-13,15H2,1-2H3. The molecule has 1 fully saturated rings. The maximum Gasteiger partial charge on any atom is 0.243 e. The Bertz CT molecular complexity index is 883. The molecule has 0 unspecified atom stereocenters. The van der Waals surface area contributed by atoms with Gasteiger partial charge in [0.1, 0.15) is 5.82 Å². The molecule has 3 rings (SSSR count). The van der Waals surface area contributed by atoms with Crippen molar-refractivity contribution in [1.82, 2.24) is 9.21 Å². The van der Waals surface area contributed by atoms with E-state index in [2.05, 4.69) is 24.0 Å². The van der Waals surface area contributed by atoms with Crippen molar-refractivity contribution in [1.29, 1.82) is 0 Å². The average molecular weight is 376 g/mol. The Morgan fingerprint density at radius 1 is 0.962 bits per heavy atom. The number of benzene rings is 2. The van der Waals surface area contributed by atoms with Crippen LogP contribution in [0.25, 0.3) is 0 Å². The first kappa shape index (κ1) is 19.0. The van der Waals surface area contributed by atoms with Crippen molar-refractivity contribution in [3.05, 3.63) is 65.0 Å². The Balaban J connectivity index is 1.74. The summed E-state index contributed by atoms with van der Waals surface area (Å²) in [6, 6.07) is 12.2. The molecule has 0 spiro atoms. The molecule has 6 heteroatoms. The number of halogens is 1. The van der Waals surface area contributed by atoms with Crippen LogP contribution in [0, 0.1) is 19.7 Å². The van der Waals surface area contributed by atoms with E-state index in [1.807, 2.05) is 12.1 Å². The van der Waals surface area contributed by atoms with Crippen molar-refractivity contribution in [2.45, 2.75) is 31.7 Å². The molecule has 1 heterocycles. The van der Waals surface area contributed by atoms with Gasteiger partial charge in [-0.05, 0) is 55.6 Å². The number of hydrogen-bond donors (Lipinski definition) is 0. The molecular weight excluding hydrogens is 351 g/mol. The van der Waals surface area contributed by atoms with E-state index in [9.17, 15) is 12.8 Å². The van der Waals surface area contributed by atoms with Crippen LogP contribution in [0.3, 0.4) is 0 Å². The molecule has 2 aromatic rings. The van der Waals surface area contributed by atoms with Gasteiger partial charge in [-0.3, -0.25) is 4.90 Å². The van der Waals surface area contributed by atoms with E-state index in [-0.39, 0.29) is 4.90 Å². The molecular formula is C20H25FN2O2S. The molecule has 0 aromatic heterocycles. The van der Waals surface area contributed by atoms with Gasteiger partial charge in [0.05, 0.1) is 4.90 Å². The molecule has 0 atom stereocenters. The fraction of sp³-hybridized carbons (Fsp3) is 0.400. The molecule has 0 N–H and O–H groups in total. The Hall–Kier alpha value is -1.76. The van der Waals surface area contributed by atoms with Gasteiger partial charge in [0, 0.05) is 26.2 Å². The van der Waals surface area contributed by atoms with Crippen molar-refractivity contribution in [2.75, 3.05) is 26.2 Å². The van der Waals surface area contributed by atoms with E-state index in [0.29, 0.717) is 25.2 Å². The van der Waals surface area contributed by atoms with Crippen LogP contribution < -0.4 is 0 Å². The van der Waals surface area contributed by atoms with E-state index in [1.54, 1.807) is 6.92 Å². The quantitative estimate of drug-likeness (QED) is 0.822. The number of rotatable bonds is 4. The van der Waals surface area contributed by atoms with Crippen LogP contribution in [-0.2, 0) is 16.6 Å².